The van der Waals surface area contributed by atoms with Crippen molar-refractivity contribution in [1.82, 2.24) is 24.9 Å². The molecule has 13 rings (SSSR count). The van der Waals surface area contributed by atoms with Crippen LogP contribution >= 0.6 is 15.9 Å². The van der Waals surface area contributed by atoms with Crippen LogP contribution in [-0.2, 0) is 16.2 Å². The van der Waals surface area contributed by atoms with Gasteiger partial charge in [-0.25, -0.2) is 24.7 Å². The number of halogens is 1. The number of nitro groups is 2. The molecule has 0 saturated heterocycles. The lowest BCUT2D eigenvalue weighted by Crippen LogP contribution is -2.29. The highest BCUT2D eigenvalue weighted by Gasteiger charge is 2.21. The summed E-state index contributed by atoms with van der Waals surface area (Å²) < 4.78 is 20.9. The van der Waals surface area contributed by atoms with Crippen molar-refractivity contribution >= 4 is 74.7 Å². The van der Waals surface area contributed by atoms with Crippen LogP contribution in [0.1, 0.15) is 138 Å². The molecule has 25 nitrogen and oxygen atoms in total. The van der Waals surface area contributed by atoms with Crippen molar-refractivity contribution < 1.29 is 58.3 Å². The Kier molecular flexibility index (Phi) is 35.3. The summed E-state index contributed by atoms with van der Waals surface area (Å²) in [5, 5.41) is 53.4. The van der Waals surface area contributed by atoms with E-state index in [2.05, 4.69) is 114 Å². The van der Waals surface area contributed by atoms with Crippen molar-refractivity contribution in [2.45, 2.75) is 113 Å². The molecule has 5 heterocycles. The van der Waals surface area contributed by atoms with Crippen LogP contribution in [0.4, 0.5) is 28.4 Å². The molecule has 0 spiro atoms. The fourth-order valence-corrected chi connectivity index (χ4v) is 12.5. The van der Waals surface area contributed by atoms with Gasteiger partial charge in [0.15, 0.2) is 0 Å². The van der Waals surface area contributed by atoms with E-state index in [1.165, 1.54) is 55.8 Å². The molecule has 27 heteroatoms. The first kappa shape index (κ1) is 97.1. The molecule has 13 aromatic rings. The Bertz CT molecular complexity index is 5890. The number of H-pyrrole nitrogens is 1. The van der Waals surface area contributed by atoms with Crippen LogP contribution in [0, 0.1) is 54.8 Å². The highest BCUT2D eigenvalue weighted by Crippen LogP contribution is 2.35. The number of amides is 2. The van der Waals surface area contributed by atoms with Crippen LogP contribution in [0.3, 0.4) is 0 Å². The van der Waals surface area contributed by atoms with Gasteiger partial charge in [0.05, 0.1) is 43.8 Å². The van der Waals surface area contributed by atoms with Gasteiger partial charge in [0, 0.05) is 117 Å². The molecule has 2 amide bonds. The quantitative estimate of drug-likeness (QED) is 0.0204. The van der Waals surface area contributed by atoms with E-state index >= 15 is 0 Å². The topological polar surface area (TPSA) is 370 Å². The number of aromatic carboxylic acids is 1. The average Bonchev–Trinajstić information content (AvgIpc) is 0.825. The van der Waals surface area contributed by atoms with E-state index in [4.69, 9.17) is 39.8 Å². The van der Waals surface area contributed by atoms with Gasteiger partial charge in [0.1, 0.15) is 0 Å². The Morgan fingerprint density at radius 1 is 0.427 bits per heavy atom. The van der Waals surface area contributed by atoms with E-state index in [0.717, 1.165) is 88.3 Å². The number of nitrogens with two attached hydrogens (primary N) is 1. The molecule has 642 valence electrons. The fraction of sp³-hybridized carbons (Fsp3) is 0.216. The molecule has 8 aromatic carbocycles. The smallest absolute Gasteiger partial charge is 0.481 e. The number of hydrogen-bond donors (Lipinski definition) is 7. The molecule has 0 atom stereocenters. The van der Waals surface area contributed by atoms with Gasteiger partial charge in [-0.05, 0) is 225 Å². The standard InChI is InChI=1S/C24H26N2O2.C23H24N2O2.C13H12N2O3.C13H14N2O.C11H14O2.C7H6BrNO2.C6H8BNO3/c1-16-20(18-13-14-25-22(15-18)28-5)7-6-8-21(16)26-23(27)17-9-11-19(12-10-17)24(2,3)4;1-15-19(17-12-13-24-21(26)14-17)6-5-7-20(15)25-22(27)16-8-10-18(11-9-16)23(2,3)4;1-9-11(4-3-5-12(9)15(16)17)10-6-7-14-13(8-10)18-2;1-9-11(4-3-5-12(9)14)10-6-7-15-13(8-10)16-2;1-11(2,3)9-6-4-8(5-7-9)10(12)13;1-5-6(8)3-2-4-7(5)9(10)11;1-11-6-4-5(7(9)10)2-3-8-6/h6-15H,1-5H3,(H,26,27);5-14H,1-4H3,(H,24,26)(H,25,27);3-8H,1-2H3;3-8H,14H2,1-2H3;4-7H,1-3H3,(H,12,13);2-4H,1H3;2-4,9-10H,1H3. The zero-order chi connectivity index (χ0) is 91.3. The first-order valence-corrected chi connectivity index (χ1v) is 39.9. The molecule has 0 aliphatic heterocycles. The molecule has 0 bridgehead atoms. The Balaban J connectivity index is 0.000000205. The van der Waals surface area contributed by atoms with Crippen molar-refractivity contribution in [2.24, 2.45) is 0 Å². The normalized spacial score (nSPS) is 10.6. The number of carboxylic acid groups (broad SMARTS) is 1. The van der Waals surface area contributed by atoms with Crippen LogP contribution in [0.25, 0.3) is 44.5 Å². The largest absolute Gasteiger partial charge is 0.488 e. The van der Waals surface area contributed by atoms with E-state index in [1.54, 1.807) is 101 Å². The SMILES string of the molecule is CC(C)(C)c1ccc(C(=O)O)cc1.COc1cc(-c2cccc(N)c2C)ccn1.COc1cc(-c2cccc(NC(=O)c3ccc(C(C)(C)C)cc3)c2C)ccn1.COc1cc(-c2cccc([N+](=O)[O-])c2C)ccn1.COc1cc(B(O)O)ccn1.Cc1c(Br)cccc1[N+](=O)[O-].Cc1c(NC(=O)c2ccc(C(C)(C)C)cc2)cccc1-c1cc[nH]c(=O)c1. The fourth-order valence-electron chi connectivity index (χ4n) is 12.2. The van der Waals surface area contributed by atoms with Crippen LogP contribution in [0.15, 0.2) is 265 Å². The summed E-state index contributed by atoms with van der Waals surface area (Å²) in [4.78, 5) is 86.7. The third-order valence-corrected chi connectivity index (χ3v) is 20.5. The zero-order valence-corrected chi connectivity index (χ0v) is 74.3. The average molecular weight is 1740 g/mol. The van der Waals surface area contributed by atoms with Gasteiger partial charge < -0.3 is 55.5 Å². The number of nitrogens with zero attached hydrogens (tertiary/aromatic N) is 6. The number of aromatic amines is 1. The Labute approximate surface area is 731 Å². The molecular weight excluding hydrogens is 1640 g/mol. The van der Waals surface area contributed by atoms with E-state index in [1.807, 2.05) is 172 Å². The van der Waals surface area contributed by atoms with Crippen LogP contribution < -0.4 is 46.3 Å². The predicted molar refractivity (Wildman–Crippen MR) is 496 cm³/mol. The monoisotopic (exact) mass is 1740 g/mol. The van der Waals surface area contributed by atoms with Gasteiger partial charge in [-0.1, -0.05) is 169 Å². The molecule has 124 heavy (non-hydrogen) atoms. The molecule has 5 aromatic heterocycles. The van der Waals surface area contributed by atoms with Crippen molar-refractivity contribution in [1.29, 1.82) is 0 Å². The second-order valence-corrected chi connectivity index (χ2v) is 32.1. The number of carboxylic acids is 1. The van der Waals surface area contributed by atoms with E-state index in [-0.39, 0.29) is 54.8 Å². The van der Waals surface area contributed by atoms with E-state index in [0.29, 0.717) is 56.8 Å². The number of anilines is 3. The number of hydrogen-bond acceptors (Lipinski definition) is 19. The molecule has 0 unspecified atom stereocenters. The lowest BCUT2D eigenvalue weighted by atomic mass is 9.81. The van der Waals surface area contributed by atoms with Crippen LogP contribution in [0.5, 0.6) is 23.5 Å². The summed E-state index contributed by atoms with van der Waals surface area (Å²) in [6.07, 6.45) is 8.14. The van der Waals surface area contributed by atoms with E-state index in [9.17, 15) is 39.4 Å². The molecule has 0 fully saturated rings. The van der Waals surface area contributed by atoms with Crippen LogP contribution in [-0.4, -0.2) is 103 Å². The minimum Gasteiger partial charge on any atom is -0.481 e. The minimum absolute atomic E-state index is 0.0491. The molecule has 0 saturated carbocycles. The van der Waals surface area contributed by atoms with Gasteiger partial charge in [0.2, 0.25) is 29.1 Å². The van der Waals surface area contributed by atoms with Crippen molar-refractivity contribution in [3.05, 3.63) is 352 Å². The van der Waals surface area contributed by atoms with Gasteiger partial charge >= 0.3 is 13.1 Å². The first-order chi connectivity index (χ1) is 58.7. The molecular formula is C97H104BBrN10O15. The van der Waals surface area contributed by atoms with Gasteiger partial charge in [-0.3, -0.25) is 34.6 Å². The Morgan fingerprint density at radius 3 is 1.11 bits per heavy atom. The van der Waals surface area contributed by atoms with Crippen molar-refractivity contribution in [3.8, 4) is 68.0 Å². The summed E-state index contributed by atoms with van der Waals surface area (Å²) in [5.41, 5.74) is 25.9. The summed E-state index contributed by atoms with van der Waals surface area (Å²) in [6.45, 7) is 28.6. The molecule has 8 N–H and O–H groups in total. The number of benzene rings is 8. The number of nitrogens with one attached hydrogen (secondary N) is 3. The van der Waals surface area contributed by atoms with E-state index < -0.39 is 13.1 Å². The third-order valence-electron chi connectivity index (χ3n) is 19.6. The molecule has 0 aliphatic rings. The Hall–Kier alpha value is -14.0. The lowest BCUT2D eigenvalue weighted by Gasteiger charge is -2.19. The zero-order valence-electron chi connectivity index (χ0n) is 72.7. The van der Waals surface area contributed by atoms with Gasteiger partial charge in [-0.2, -0.15) is 0 Å². The van der Waals surface area contributed by atoms with Crippen LogP contribution in [0.2, 0.25) is 0 Å². The maximum atomic E-state index is 12.7. The van der Waals surface area contributed by atoms with Crippen molar-refractivity contribution in [2.75, 3.05) is 44.8 Å². The third kappa shape index (κ3) is 28.0. The number of ether oxygens (including phenoxy) is 4. The predicted octanol–water partition coefficient (Wildman–Crippen LogP) is 20.3. The number of nitro benzene ring substituents is 2. The lowest BCUT2D eigenvalue weighted by molar-refractivity contribution is -0.385. The number of nitrogen functional groups attached to an aromatic ring is 1. The Morgan fingerprint density at radius 2 is 0.758 bits per heavy atom. The number of methoxy groups -OCH3 is 4. The maximum absolute atomic E-state index is 12.7. The summed E-state index contributed by atoms with van der Waals surface area (Å²) in [6, 6.07) is 67.5. The number of aromatic nitrogens is 5. The highest BCUT2D eigenvalue weighted by atomic mass is 79.9. The summed E-state index contributed by atoms with van der Waals surface area (Å²) in [5.74, 6) is 0.883. The summed E-state index contributed by atoms with van der Waals surface area (Å²) >= 11 is 3.21. The van der Waals surface area contributed by atoms with Gasteiger partial charge in [0.25, 0.3) is 23.2 Å². The molecule has 0 radical (unpaired) electrons. The second kappa shape index (κ2) is 45.0. The number of carbonyl (C=O) groups is 3. The minimum atomic E-state index is -1.47. The second-order valence-electron chi connectivity index (χ2n) is 31.2. The van der Waals surface area contributed by atoms with Crippen molar-refractivity contribution in [3.63, 3.8) is 0 Å². The number of carbonyl (C=O) groups excluding carboxylic acids is 2. The first-order valence-electron chi connectivity index (χ1n) is 39.1. The number of pyridine rings is 5. The molecule has 0 aliphatic carbocycles. The highest BCUT2D eigenvalue weighted by molar-refractivity contribution is 9.10. The maximum Gasteiger partial charge on any atom is 0.488 e. The van der Waals surface area contributed by atoms with Gasteiger partial charge in [-0.15, -0.1) is 0 Å². The summed E-state index contributed by atoms with van der Waals surface area (Å²) in [7, 11) is 4.74. The number of rotatable bonds is 16.